The molecular weight excluding hydrogens is 183 g/mol. The second kappa shape index (κ2) is 3.56. The maximum Gasteiger partial charge on any atom is 0.129 e. The van der Waals surface area contributed by atoms with E-state index in [2.05, 4.69) is 4.98 Å². The van der Waals surface area contributed by atoms with Crippen molar-refractivity contribution < 1.29 is 0 Å². The third kappa shape index (κ3) is 2.07. The number of rotatable bonds is 1. The van der Waals surface area contributed by atoms with Crippen molar-refractivity contribution >= 4 is 23.2 Å². The van der Waals surface area contributed by atoms with Gasteiger partial charge < -0.3 is 0 Å². The lowest BCUT2D eigenvalue weighted by molar-refractivity contribution is 1.21. The summed E-state index contributed by atoms with van der Waals surface area (Å²) < 4.78 is 0. The number of hydrogen-bond donors (Lipinski definition) is 0. The van der Waals surface area contributed by atoms with Gasteiger partial charge in [0.15, 0.2) is 0 Å². The molecular formula is C7H4Cl2N2. The topological polar surface area (TPSA) is 36.7 Å². The summed E-state index contributed by atoms with van der Waals surface area (Å²) in [6.07, 6.45) is 1.71. The zero-order valence-corrected chi connectivity index (χ0v) is 7.02. The third-order valence-electron chi connectivity index (χ3n) is 1.17. The molecule has 0 radical (unpaired) electrons. The van der Waals surface area contributed by atoms with Crippen LogP contribution >= 0.6 is 23.2 Å². The monoisotopic (exact) mass is 186 g/mol. The highest BCUT2D eigenvalue weighted by molar-refractivity contribution is 6.32. The van der Waals surface area contributed by atoms with E-state index in [0.29, 0.717) is 15.7 Å². The van der Waals surface area contributed by atoms with Gasteiger partial charge in [0.25, 0.3) is 0 Å². The van der Waals surface area contributed by atoms with Crippen molar-refractivity contribution in [2.45, 2.75) is 6.42 Å². The van der Waals surface area contributed by atoms with E-state index in [1.807, 2.05) is 6.07 Å². The van der Waals surface area contributed by atoms with Crippen LogP contribution in [0.1, 0.15) is 5.56 Å². The van der Waals surface area contributed by atoms with E-state index < -0.39 is 0 Å². The van der Waals surface area contributed by atoms with Crippen molar-refractivity contribution in [3.05, 3.63) is 28.0 Å². The summed E-state index contributed by atoms with van der Waals surface area (Å²) in [5, 5.41) is 9.21. The van der Waals surface area contributed by atoms with Crippen LogP contribution in [0, 0.1) is 11.3 Å². The first-order valence-corrected chi connectivity index (χ1v) is 3.66. The van der Waals surface area contributed by atoms with Gasteiger partial charge in [-0.25, -0.2) is 4.98 Å². The van der Waals surface area contributed by atoms with Crippen LogP contribution in [0.3, 0.4) is 0 Å². The minimum Gasteiger partial charge on any atom is -0.243 e. The molecule has 1 aromatic rings. The minimum atomic E-state index is 0.265. The molecule has 0 spiro atoms. The van der Waals surface area contributed by atoms with E-state index in [1.165, 1.54) is 6.20 Å². The molecule has 0 bridgehead atoms. The summed E-state index contributed by atoms with van der Waals surface area (Å²) >= 11 is 11.3. The minimum absolute atomic E-state index is 0.265. The number of pyridine rings is 1. The van der Waals surface area contributed by atoms with Gasteiger partial charge >= 0.3 is 0 Å². The van der Waals surface area contributed by atoms with Crippen molar-refractivity contribution in [2.24, 2.45) is 0 Å². The van der Waals surface area contributed by atoms with E-state index in [4.69, 9.17) is 28.5 Å². The largest absolute Gasteiger partial charge is 0.243 e. The summed E-state index contributed by atoms with van der Waals surface area (Å²) in [6, 6.07) is 3.57. The van der Waals surface area contributed by atoms with Gasteiger partial charge in [0.05, 0.1) is 17.5 Å². The summed E-state index contributed by atoms with van der Waals surface area (Å²) in [5.41, 5.74) is 0.717. The number of hydrogen-bond acceptors (Lipinski definition) is 2. The molecule has 4 heteroatoms. The quantitative estimate of drug-likeness (QED) is 0.633. The molecule has 1 rings (SSSR count). The molecule has 0 aromatic carbocycles. The zero-order valence-electron chi connectivity index (χ0n) is 5.51. The predicted molar refractivity (Wildman–Crippen MR) is 43.6 cm³/mol. The lowest BCUT2D eigenvalue weighted by Gasteiger charge is -1.97. The lowest BCUT2D eigenvalue weighted by atomic mass is 10.2. The Kier molecular flexibility index (Phi) is 2.70. The maximum atomic E-state index is 8.36. The summed E-state index contributed by atoms with van der Waals surface area (Å²) in [7, 11) is 0. The fourth-order valence-corrected chi connectivity index (χ4v) is 1.02. The molecule has 0 aliphatic carbocycles. The smallest absolute Gasteiger partial charge is 0.129 e. The first kappa shape index (κ1) is 8.32. The Hall–Kier alpha value is -0.780. The third-order valence-corrected chi connectivity index (χ3v) is 1.72. The Balaban J connectivity index is 3.05. The van der Waals surface area contributed by atoms with Gasteiger partial charge in [0.2, 0.25) is 0 Å². The van der Waals surface area contributed by atoms with Gasteiger partial charge in [-0.3, -0.25) is 0 Å². The van der Waals surface area contributed by atoms with Crippen molar-refractivity contribution in [2.75, 3.05) is 0 Å². The fourth-order valence-electron chi connectivity index (χ4n) is 0.672. The molecule has 0 N–H and O–H groups in total. The highest BCUT2D eigenvalue weighted by Gasteiger charge is 2.00. The van der Waals surface area contributed by atoms with Crippen LogP contribution in [0.15, 0.2) is 12.3 Å². The van der Waals surface area contributed by atoms with E-state index in [1.54, 1.807) is 6.07 Å². The lowest BCUT2D eigenvalue weighted by Crippen LogP contribution is -1.85. The van der Waals surface area contributed by atoms with Crippen LogP contribution in [0.5, 0.6) is 0 Å². The summed E-state index contributed by atoms with van der Waals surface area (Å²) in [6.45, 7) is 0. The average Bonchev–Trinajstić information content (AvgIpc) is 1.98. The van der Waals surface area contributed by atoms with Crippen molar-refractivity contribution in [1.82, 2.24) is 4.98 Å². The van der Waals surface area contributed by atoms with E-state index in [9.17, 15) is 0 Å². The summed E-state index contributed by atoms with van der Waals surface area (Å²) in [4.78, 5) is 3.75. The normalized spacial score (nSPS) is 9.18. The molecule has 0 fully saturated rings. The number of nitriles is 1. The second-order valence-corrected chi connectivity index (χ2v) is 2.73. The second-order valence-electron chi connectivity index (χ2n) is 1.93. The number of aromatic nitrogens is 1. The first-order valence-electron chi connectivity index (χ1n) is 2.91. The van der Waals surface area contributed by atoms with Crippen LogP contribution in [0.2, 0.25) is 10.2 Å². The van der Waals surface area contributed by atoms with Gasteiger partial charge in [-0.15, -0.1) is 0 Å². The highest BCUT2D eigenvalue weighted by atomic mass is 35.5. The summed E-state index contributed by atoms with van der Waals surface area (Å²) in [5.74, 6) is 0. The van der Waals surface area contributed by atoms with Crippen LogP contribution in [0.4, 0.5) is 0 Å². The Labute approximate surface area is 74.4 Å². The molecule has 11 heavy (non-hydrogen) atoms. The van der Waals surface area contributed by atoms with E-state index >= 15 is 0 Å². The predicted octanol–water partition coefficient (Wildman–Crippen LogP) is 2.45. The van der Waals surface area contributed by atoms with Gasteiger partial charge in [0, 0.05) is 6.20 Å². The van der Waals surface area contributed by atoms with Gasteiger partial charge in [0.1, 0.15) is 5.15 Å². The first-order chi connectivity index (χ1) is 5.24. The molecule has 0 saturated carbocycles. The molecule has 56 valence electrons. The van der Waals surface area contributed by atoms with E-state index in [0.717, 1.165) is 0 Å². The number of nitrogens with zero attached hydrogens (tertiary/aromatic N) is 2. The molecule has 0 amide bonds. The molecule has 2 nitrogen and oxygen atoms in total. The SMILES string of the molecule is N#CCc1cc(Cl)ncc1Cl. The Bertz CT molecular complexity index is 304. The Morgan fingerprint density at radius 2 is 2.27 bits per heavy atom. The Morgan fingerprint density at radius 1 is 1.55 bits per heavy atom. The van der Waals surface area contributed by atoms with Crippen molar-refractivity contribution in [3.8, 4) is 6.07 Å². The molecule has 1 heterocycles. The molecule has 0 atom stereocenters. The highest BCUT2D eigenvalue weighted by Crippen LogP contribution is 2.17. The molecule has 0 aliphatic heterocycles. The van der Waals surface area contributed by atoms with Gasteiger partial charge in [-0.1, -0.05) is 23.2 Å². The van der Waals surface area contributed by atoms with Crippen LogP contribution < -0.4 is 0 Å². The fraction of sp³-hybridized carbons (Fsp3) is 0.143. The van der Waals surface area contributed by atoms with E-state index in [-0.39, 0.29) is 6.42 Å². The van der Waals surface area contributed by atoms with Gasteiger partial charge in [-0.2, -0.15) is 5.26 Å². The maximum absolute atomic E-state index is 8.36. The van der Waals surface area contributed by atoms with Crippen molar-refractivity contribution in [3.63, 3.8) is 0 Å². The van der Waals surface area contributed by atoms with Crippen LogP contribution in [0.25, 0.3) is 0 Å². The molecule has 0 unspecified atom stereocenters. The molecule has 0 aliphatic rings. The standard InChI is InChI=1S/C7H4Cl2N2/c8-6-4-11-7(9)3-5(6)1-2-10/h3-4H,1H2. The average molecular weight is 187 g/mol. The number of halogens is 2. The van der Waals surface area contributed by atoms with Crippen LogP contribution in [-0.4, -0.2) is 4.98 Å². The van der Waals surface area contributed by atoms with Crippen LogP contribution in [-0.2, 0) is 6.42 Å². The van der Waals surface area contributed by atoms with Crippen molar-refractivity contribution in [1.29, 1.82) is 5.26 Å². The van der Waals surface area contributed by atoms with Gasteiger partial charge in [-0.05, 0) is 11.6 Å². The zero-order chi connectivity index (χ0) is 8.27. The molecule has 1 aromatic heterocycles. The molecule has 0 saturated heterocycles. The Morgan fingerprint density at radius 3 is 2.91 bits per heavy atom.